The third-order valence-electron chi connectivity index (χ3n) is 32.9. The average Bonchev–Trinajstić information content (AvgIpc) is 1.61. The number of amides is 12. The standard InChI is InChI=1S/C21H25FN2O2.C20H21F3N2O2.C19H21ClN2O2.C19H21FN2O2.2C17H17F3N2O2/c1-12-6-7-18(19(25)23-12)24-11-16-14(17-5-4-8-21(17,2)3)9-13(22)10-15(16)20(24)26;1-11-6-7-17(18(26)24-11)25-10-16-14(12-4-2-3-5-12)8-13(20(21,22)23)9-15(16)19(25)27;1-11-6-7-17(18(23)21-11)22-10-16-14(12-4-2-3-5-12)8-13(20)9-15(16)19(22)24;1-11-6-9-16(18(23)21-11)22-10-14-13(12-4-2-3-5-12)7-8-15(20)17(14)19(22)24;2*1-9-6-7-14(15(23)21-9)22-8-13-11(10(2)17(18,19)20)4-3-5-12(13)16(22)24/h9-10,17-18H,1,4-8,11H2,2-3H3,(H,23,25);8-9,12,17H,1-7,10H2,(H,24,26);8-9,12,17H,1-7,10H2,(H,21,23);7-8,12,16H,1-6,9-10H2,(H,21,23);2*3-5,10,14H,1,6-8H2,2H3,(H,21,23)/t;;;;2*10-,14?/m....10/s1. The molecule has 0 bridgehead atoms. The van der Waals surface area contributed by atoms with Crippen LogP contribution in [0, 0.1) is 17.0 Å². The molecule has 6 aromatic rings. The van der Waals surface area contributed by atoms with E-state index >= 15 is 0 Å². The van der Waals surface area contributed by atoms with Gasteiger partial charge in [0.25, 0.3) is 35.4 Å². The molecule has 12 amide bonds. The molecule has 6 saturated heterocycles. The molecule has 0 radical (unpaired) electrons. The Morgan fingerprint density at radius 1 is 0.336 bits per heavy atom. The minimum absolute atomic E-state index is 0.0231. The van der Waals surface area contributed by atoms with Gasteiger partial charge in [-0.05, 0) is 293 Å². The van der Waals surface area contributed by atoms with Gasteiger partial charge >= 0.3 is 18.5 Å². The number of rotatable bonds is 12. The molecule has 6 aromatic carbocycles. The van der Waals surface area contributed by atoms with E-state index in [9.17, 15) is 106 Å². The van der Waals surface area contributed by atoms with E-state index in [1.165, 1.54) is 105 Å². The van der Waals surface area contributed by atoms with E-state index in [0.717, 1.165) is 124 Å². The summed E-state index contributed by atoms with van der Waals surface area (Å²) < 4.78 is 147. The van der Waals surface area contributed by atoms with Crippen LogP contribution in [0.4, 0.5) is 48.3 Å². The molecule has 16 aliphatic rings. The van der Waals surface area contributed by atoms with Gasteiger partial charge in [0.2, 0.25) is 35.4 Å². The number of benzene rings is 6. The molecule has 7 unspecified atom stereocenters. The van der Waals surface area contributed by atoms with Crippen molar-refractivity contribution < 1.29 is 106 Å². The second-order valence-electron chi connectivity index (χ2n) is 42.8. The first kappa shape index (κ1) is 107. The molecule has 22 rings (SSSR count). The fourth-order valence-corrected chi connectivity index (χ4v) is 24.9. The predicted molar refractivity (Wildman–Crippen MR) is 533 cm³/mol. The maximum absolute atomic E-state index is 14.3. The number of halogens is 12. The highest BCUT2D eigenvalue weighted by molar-refractivity contribution is 6.31. The lowest BCUT2D eigenvalue weighted by Gasteiger charge is -2.31. The van der Waals surface area contributed by atoms with Gasteiger partial charge in [0, 0.05) is 106 Å². The largest absolute Gasteiger partial charge is 0.416 e. The van der Waals surface area contributed by atoms with Crippen LogP contribution in [0.2, 0.25) is 5.02 Å². The lowest BCUT2D eigenvalue weighted by molar-refractivity contribution is -0.147. The van der Waals surface area contributed by atoms with Gasteiger partial charge in [0.1, 0.15) is 47.9 Å². The quantitative estimate of drug-likeness (QED) is 0.0624. The van der Waals surface area contributed by atoms with Crippen LogP contribution in [0.3, 0.4) is 0 Å². The van der Waals surface area contributed by atoms with Gasteiger partial charge in [0.15, 0.2) is 0 Å². The van der Waals surface area contributed by atoms with Crippen molar-refractivity contribution in [2.75, 3.05) is 0 Å². The van der Waals surface area contributed by atoms with E-state index in [1.54, 1.807) is 21.9 Å². The lowest BCUT2D eigenvalue weighted by Crippen LogP contribution is -2.49. The summed E-state index contributed by atoms with van der Waals surface area (Å²) in [5.74, 6) is -6.41. The number of carbonyl (C=O) groups is 12. The van der Waals surface area contributed by atoms with Crippen LogP contribution in [-0.2, 0) is 74.2 Å². The number of piperidine rings is 6. The van der Waals surface area contributed by atoms with Gasteiger partial charge < -0.3 is 61.3 Å². The minimum Gasteiger partial charge on any atom is -0.329 e. The smallest absolute Gasteiger partial charge is 0.329 e. The molecule has 0 spiro atoms. The highest BCUT2D eigenvalue weighted by atomic mass is 35.5. The van der Waals surface area contributed by atoms with Crippen molar-refractivity contribution in [3.63, 3.8) is 0 Å². The summed E-state index contributed by atoms with van der Waals surface area (Å²) in [5, 5.41) is 16.7. The van der Waals surface area contributed by atoms with Crippen LogP contribution in [0.5, 0.6) is 0 Å². The van der Waals surface area contributed by atoms with E-state index in [2.05, 4.69) is 85.2 Å². The Bertz CT molecular complexity index is 6440. The van der Waals surface area contributed by atoms with Crippen LogP contribution in [-0.4, -0.2) is 149 Å². The minimum atomic E-state index is -4.50. The summed E-state index contributed by atoms with van der Waals surface area (Å²) in [6.07, 6.45) is 9.66. The number of alkyl halides is 9. The van der Waals surface area contributed by atoms with Gasteiger partial charge in [-0.15, -0.1) is 0 Å². The van der Waals surface area contributed by atoms with Crippen molar-refractivity contribution in [3.05, 3.63) is 281 Å². The molecular formula is C113H122ClF11N12O12. The molecular weight excluding hydrogens is 1960 g/mol. The second kappa shape index (κ2) is 42.7. The Hall–Kier alpha value is -13.1. The van der Waals surface area contributed by atoms with E-state index in [1.807, 2.05) is 12.1 Å². The van der Waals surface area contributed by atoms with E-state index in [0.29, 0.717) is 175 Å². The summed E-state index contributed by atoms with van der Waals surface area (Å²) in [6.45, 7) is 30.6. The molecule has 9 atom stereocenters. The van der Waals surface area contributed by atoms with Gasteiger partial charge in [0.05, 0.1) is 23.0 Å². The zero-order chi connectivity index (χ0) is 107. The third kappa shape index (κ3) is 21.9. The third-order valence-corrected chi connectivity index (χ3v) is 33.1. The summed E-state index contributed by atoms with van der Waals surface area (Å²) in [4.78, 5) is 159. The topological polar surface area (TPSA) is 296 Å². The van der Waals surface area contributed by atoms with Crippen molar-refractivity contribution in [1.82, 2.24) is 61.3 Å². The Balaban J connectivity index is 0.000000122. The average molecular weight is 2080 g/mol. The molecule has 12 heterocycles. The van der Waals surface area contributed by atoms with Crippen LogP contribution < -0.4 is 31.9 Å². The van der Waals surface area contributed by atoms with Crippen LogP contribution in [0.15, 0.2) is 159 Å². The number of carbonyl (C=O) groups excluding carboxylic acids is 12. The molecule has 12 aliphatic heterocycles. The van der Waals surface area contributed by atoms with Gasteiger partial charge in [-0.3, -0.25) is 57.5 Å². The molecule has 790 valence electrons. The summed E-state index contributed by atoms with van der Waals surface area (Å²) in [6, 6.07) is 17.4. The summed E-state index contributed by atoms with van der Waals surface area (Å²) >= 11 is 6.29. The number of allylic oxidation sites excluding steroid dienone is 6. The zero-order valence-electron chi connectivity index (χ0n) is 83.7. The van der Waals surface area contributed by atoms with Crippen molar-refractivity contribution in [2.24, 2.45) is 5.41 Å². The highest BCUT2D eigenvalue weighted by Crippen LogP contribution is 2.54. The zero-order valence-corrected chi connectivity index (χ0v) is 84.5. The fraction of sp³-hybridized carbons (Fsp3) is 0.469. The van der Waals surface area contributed by atoms with Crippen LogP contribution in [0.25, 0.3) is 0 Å². The summed E-state index contributed by atoms with van der Waals surface area (Å²) in [5.41, 5.74) is 13.4. The SMILES string of the molecule is C=C1CCC(N2Cc3c(C4CCCC4)ccc(F)c3C2=O)C(=O)N1.C=C1CCC(N2Cc3c(cc(C(F)(F)F)cc3C3CCCC3)C2=O)C(=O)N1.C=C1CCC(N2Cc3c(cc(Cl)cc3C3CCCC3)C2=O)C(=O)N1.C=C1CCC(N2Cc3c(cc(F)cc3C3CCCC3(C)C)C2=O)C(=O)N1.C=C1CCC(N2Cc3c(cccc3[C@@H](C)C(F)(F)F)C2=O)C(=O)N1.C=C1CCC(N2Cc3c(cccc3[C@H](C)C(F)(F)F)C2=O)C(=O)N1. The molecule has 0 aromatic heterocycles. The highest BCUT2D eigenvalue weighted by Gasteiger charge is 2.52. The number of hydrogen-bond acceptors (Lipinski definition) is 12. The Labute approximate surface area is 862 Å². The number of nitrogens with zero attached hydrogens (tertiary/aromatic N) is 6. The second-order valence-corrected chi connectivity index (χ2v) is 43.2. The van der Waals surface area contributed by atoms with Gasteiger partial charge in [-0.1, -0.05) is 140 Å². The Morgan fingerprint density at radius 3 is 0.980 bits per heavy atom. The van der Waals surface area contributed by atoms with E-state index in [4.69, 9.17) is 11.6 Å². The number of hydrogen-bond donors (Lipinski definition) is 6. The Morgan fingerprint density at radius 2 is 0.644 bits per heavy atom. The van der Waals surface area contributed by atoms with E-state index < -0.39 is 95.7 Å². The Kier molecular flexibility index (Phi) is 30.8. The van der Waals surface area contributed by atoms with Crippen molar-refractivity contribution in [1.29, 1.82) is 0 Å². The van der Waals surface area contributed by atoms with E-state index in [-0.39, 0.29) is 129 Å². The van der Waals surface area contributed by atoms with Crippen molar-refractivity contribution >= 4 is 82.5 Å². The predicted octanol–water partition coefficient (Wildman–Crippen LogP) is 21.2. The molecule has 149 heavy (non-hydrogen) atoms. The van der Waals surface area contributed by atoms with Gasteiger partial charge in [-0.2, -0.15) is 39.5 Å². The number of nitrogens with one attached hydrogen (secondary N) is 6. The molecule has 4 aliphatic carbocycles. The first-order valence-electron chi connectivity index (χ1n) is 51.4. The molecule has 6 N–H and O–H groups in total. The first-order valence-corrected chi connectivity index (χ1v) is 51.8. The monoisotopic (exact) mass is 2080 g/mol. The van der Waals surface area contributed by atoms with Crippen LogP contribution >= 0.6 is 11.6 Å². The number of fused-ring (bicyclic) bond motifs is 6. The molecule has 10 fully saturated rings. The molecule has 36 heteroatoms. The maximum atomic E-state index is 14.3. The van der Waals surface area contributed by atoms with Crippen molar-refractivity contribution in [2.45, 2.75) is 331 Å². The van der Waals surface area contributed by atoms with Crippen molar-refractivity contribution in [3.8, 4) is 0 Å². The van der Waals surface area contributed by atoms with Gasteiger partial charge in [-0.25, -0.2) is 8.78 Å². The van der Waals surface area contributed by atoms with Crippen LogP contribution in [0.1, 0.15) is 371 Å². The summed E-state index contributed by atoms with van der Waals surface area (Å²) in [7, 11) is 0. The normalized spacial score (nSPS) is 24.2. The molecule has 4 saturated carbocycles. The lowest BCUT2D eigenvalue weighted by atomic mass is 9.76. The molecule has 24 nitrogen and oxygen atoms in total. The first-order chi connectivity index (χ1) is 70.5. The maximum Gasteiger partial charge on any atom is 0.416 e. The fourth-order valence-electron chi connectivity index (χ4n) is 24.7.